The molecule has 4 heteroatoms. The molecule has 1 rings (SSSR count). The first-order valence-electron chi connectivity index (χ1n) is 6.93. The molecule has 4 nitrogen and oxygen atoms in total. The second kappa shape index (κ2) is 7.54. The quantitative estimate of drug-likeness (QED) is 0.325. The summed E-state index contributed by atoms with van der Waals surface area (Å²) in [6, 6.07) is 0.619. The van der Waals surface area contributed by atoms with Crippen LogP contribution < -0.4 is 5.73 Å². The monoisotopic (exact) mass is 241 g/mol. The average molecular weight is 241 g/mol. The Bertz CT molecular complexity index is 243. The van der Waals surface area contributed by atoms with E-state index >= 15 is 0 Å². The molecule has 0 spiro atoms. The molecule has 0 aromatic rings. The van der Waals surface area contributed by atoms with Gasteiger partial charge in [-0.25, -0.2) is 0 Å². The molecule has 100 valence electrons. The molecule has 0 aromatic carbocycles. The molecular formula is C13H27N3O. The maximum Gasteiger partial charge on any atom is 0.153 e. The van der Waals surface area contributed by atoms with Gasteiger partial charge in [-0.1, -0.05) is 38.3 Å². The lowest BCUT2D eigenvalue weighted by molar-refractivity contribution is 0.115. The van der Waals surface area contributed by atoms with Crippen molar-refractivity contribution in [2.24, 2.45) is 16.8 Å². The summed E-state index contributed by atoms with van der Waals surface area (Å²) in [6.07, 6.45) is 7.62. The highest BCUT2D eigenvalue weighted by atomic mass is 16.4. The van der Waals surface area contributed by atoms with Crippen molar-refractivity contribution in [1.29, 1.82) is 0 Å². The molecule has 0 radical (unpaired) electrons. The Morgan fingerprint density at radius 2 is 2.06 bits per heavy atom. The maximum absolute atomic E-state index is 8.71. The topological polar surface area (TPSA) is 61.8 Å². The Morgan fingerprint density at radius 3 is 2.65 bits per heavy atom. The van der Waals surface area contributed by atoms with Crippen LogP contribution in [0.2, 0.25) is 0 Å². The van der Waals surface area contributed by atoms with Crippen molar-refractivity contribution in [3.63, 3.8) is 0 Å². The Hall–Kier alpha value is -0.770. The van der Waals surface area contributed by atoms with Gasteiger partial charge < -0.3 is 10.9 Å². The van der Waals surface area contributed by atoms with Gasteiger partial charge in [0.2, 0.25) is 0 Å². The molecule has 2 unspecified atom stereocenters. The van der Waals surface area contributed by atoms with Crippen LogP contribution in [0.1, 0.15) is 52.4 Å². The van der Waals surface area contributed by atoms with E-state index in [-0.39, 0.29) is 0 Å². The summed E-state index contributed by atoms with van der Waals surface area (Å²) in [5.41, 5.74) is 5.66. The van der Waals surface area contributed by atoms with Gasteiger partial charge in [0.1, 0.15) is 0 Å². The summed E-state index contributed by atoms with van der Waals surface area (Å²) >= 11 is 0. The highest BCUT2D eigenvalue weighted by Gasteiger charge is 2.28. The maximum atomic E-state index is 8.71. The predicted molar refractivity (Wildman–Crippen MR) is 71.3 cm³/mol. The highest BCUT2D eigenvalue weighted by molar-refractivity contribution is 5.81. The Balaban J connectivity index is 2.65. The van der Waals surface area contributed by atoms with Crippen LogP contribution in [0.4, 0.5) is 0 Å². The fourth-order valence-electron chi connectivity index (χ4n) is 3.03. The number of oxime groups is 1. The second-order valence-electron chi connectivity index (χ2n) is 5.08. The van der Waals surface area contributed by atoms with Crippen molar-refractivity contribution in [3.05, 3.63) is 0 Å². The van der Waals surface area contributed by atoms with Gasteiger partial charge in [-0.15, -0.1) is 0 Å². The lowest BCUT2D eigenvalue weighted by Crippen LogP contribution is -2.46. The third-order valence-electron chi connectivity index (χ3n) is 3.87. The molecule has 1 aliphatic rings. The van der Waals surface area contributed by atoms with Crippen LogP contribution in [-0.2, 0) is 0 Å². The molecule has 0 aromatic heterocycles. The highest BCUT2D eigenvalue weighted by Crippen LogP contribution is 2.30. The standard InChI is InChI=1S/C13H27N3O/c1-3-9-16(10-13(14)15-17)12-8-6-5-7-11(12)4-2/h11-12,17H,3-10H2,1-2H3,(H2,14,15). The Morgan fingerprint density at radius 1 is 1.35 bits per heavy atom. The van der Waals surface area contributed by atoms with Gasteiger partial charge in [0.25, 0.3) is 0 Å². The fourth-order valence-corrected chi connectivity index (χ4v) is 3.03. The zero-order valence-electron chi connectivity index (χ0n) is 11.2. The minimum Gasteiger partial charge on any atom is -0.409 e. The van der Waals surface area contributed by atoms with Crippen molar-refractivity contribution < 1.29 is 5.21 Å². The van der Waals surface area contributed by atoms with E-state index in [4.69, 9.17) is 10.9 Å². The molecule has 1 fully saturated rings. The van der Waals surface area contributed by atoms with Crippen molar-refractivity contribution in [1.82, 2.24) is 4.90 Å². The van der Waals surface area contributed by atoms with Crippen LogP contribution in [0.3, 0.4) is 0 Å². The van der Waals surface area contributed by atoms with Gasteiger partial charge in [-0.05, 0) is 31.7 Å². The van der Waals surface area contributed by atoms with Gasteiger partial charge in [0.15, 0.2) is 5.84 Å². The summed E-state index contributed by atoms with van der Waals surface area (Å²) in [6.45, 7) is 6.10. The SMILES string of the molecule is CCCN(C/C(N)=N/O)C1CCCCC1CC. The third kappa shape index (κ3) is 4.19. The molecular weight excluding hydrogens is 214 g/mol. The average Bonchev–Trinajstić information content (AvgIpc) is 2.38. The predicted octanol–water partition coefficient (Wildman–Crippen LogP) is 2.41. The first kappa shape index (κ1) is 14.3. The molecule has 0 saturated heterocycles. The number of nitrogens with zero attached hydrogens (tertiary/aromatic N) is 2. The van der Waals surface area contributed by atoms with Gasteiger partial charge in [0.05, 0.1) is 6.54 Å². The third-order valence-corrected chi connectivity index (χ3v) is 3.87. The van der Waals surface area contributed by atoms with Crippen LogP contribution >= 0.6 is 0 Å². The van der Waals surface area contributed by atoms with Crippen molar-refractivity contribution in [3.8, 4) is 0 Å². The van der Waals surface area contributed by atoms with Crippen LogP contribution in [0, 0.1) is 5.92 Å². The fraction of sp³-hybridized carbons (Fsp3) is 0.923. The van der Waals surface area contributed by atoms with E-state index in [9.17, 15) is 0 Å². The van der Waals surface area contributed by atoms with Crippen molar-refractivity contribution >= 4 is 5.84 Å². The zero-order valence-corrected chi connectivity index (χ0v) is 11.2. The van der Waals surface area contributed by atoms with Crippen molar-refractivity contribution in [2.75, 3.05) is 13.1 Å². The molecule has 3 N–H and O–H groups in total. The van der Waals surface area contributed by atoms with Crippen molar-refractivity contribution in [2.45, 2.75) is 58.4 Å². The number of hydrogen-bond acceptors (Lipinski definition) is 3. The molecule has 0 amide bonds. The van der Waals surface area contributed by atoms with E-state index in [0.717, 1.165) is 18.9 Å². The molecule has 0 bridgehead atoms. The molecule has 0 heterocycles. The number of nitrogens with two attached hydrogens (primary N) is 1. The molecule has 0 aliphatic heterocycles. The zero-order chi connectivity index (χ0) is 12.7. The molecule has 17 heavy (non-hydrogen) atoms. The van der Waals surface area contributed by atoms with Gasteiger partial charge in [-0.2, -0.15) is 0 Å². The summed E-state index contributed by atoms with van der Waals surface area (Å²) in [4.78, 5) is 2.41. The van der Waals surface area contributed by atoms with Gasteiger partial charge >= 0.3 is 0 Å². The summed E-state index contributed by atoms with van der Waals surface area (Å²) < 4.78 is 0. The Labute approximate surface area is 105 Å². The smallest absolute Gasteiger partial charge is 0.153 e. The van der Waals surface area contributed by atoms with E-state index in [2.05, 4.69) is 23.9 Å². The normalized spacial score (nSPS) is 26.4. The van der Waals surface area contributed by atoms with E-state index in [0.29, 0.717) is 18.4 Å². The first-order valence-corrected chi connectivity index (χ1v) is 6.93. The number of amidine groups is 1. The first-order chi connectivity index (χ1) is 8.22. The largest absolute Gasteiger partial charge is 0.409 e. The van der Waals surface area contributed by atoms with E-state index < -0.39 is 0 Å². The number of rotatable bonds is 6. The lowest BCUT2D eigenvalue weighted by atomic mass is 9.82. The number of hydrogen-bond donors (Lipinski definition) is 2. The molecule has 1 saturated carbocycles. The van der Waals surface area contributed by atoms with E-state index in [1.165, 1.54) is 32.1 Å². The van der Waals surface area contributed by atoms with Crippen LogP contribution in [0.25, 0.3) is 0 Å². The van der Waals surface area contributed by atoms with E-state index in [1.54, 1.807) is 0 Å². The van der Waals surface area contributed by atoms with Gasteiger partial charge in [-0.3, -0.25) is 4.90 Å². The molecule has 2 atom stereocenters. The summed E-state index contributed by atoms with van der Waals surface area (Å²) in [5, 5.41) is 11.8. The van der Waals surface area contributed by atoms with Gasteiger partial charge in [0, 0.05) is 6.04 Å². The summed E-state index contributed by atoms with van der Waals surface area (Å²) in [7, 11) is 0. The van der Waals surface area contributed by atoms with E-state index in [1.807, 2.05) is 0 Å². The minimum absolute atomic E-state index is 0.332. The van der Waals surface area contributed by atoms with Crippen LogP contribution in [-0.4, -0.2) is 35.1 Å². The van der Waals surface area contributed by atoms with Crippen LogP contribution in [0.5, 0.6) is 0 Å². The minimum atomic E-state index is 0.332. The Kier molecular flexibility index (Phi) is 6.34. The lowest BCUT2D eigenvalue weighted by Gasteiger charge is -2.39. The second-order valence-corrected chi connectivity index (χ2v) is 5.08. The summed E-state index contributed by atoms with van der Waals surface area (Å²) in [5.74, 6) is 1.11. The van der Waals surface area contributed by atoms with Crippen LogP contribution in [0.15, 0.2) is 5.16 Å². The molecule has 1 aliphatic carbocycles.